The van der Waals surface area contributed by atoms with Crippen molar-refractivity contribution in [3.8, 4) is 17.3 Å². The highest BCUT2D eigenvalue weighted by atomic mass is 16.5. The number of hydrogen-bond donors (Lipinski definition) is 2. The van der Waals surface area contributed by atoms with Crippen LogP contribution in [0, 0.1) is 0 Å². The van der Waals surface area contributed by atoms with Gasteiger partial charge in [-0.05, 0) is 19.9 Å². The maximum atomic E-state index is 9.02. The fraction of sp³-hybridized carbons (Fsp3) is 0.375. The van der Waals surface area contributed by atoms with E-state index in [0.29, 0.717) is 23.8 Å². The zero-order valence-electron chi connectivity index (χ0n) is 13.9. The Labute approximate surface area is 139 Å². The fourth-order valence-electron chi connectivity index (χ4n) is 2.54. The number of ether oxygens (including phenoxy) is 1. The molecule has 0 bridgehead atoms. The van der Waals surface area contributed by atoms with E-state index < -0.39 is 0 Å². The first-order chi connectivity index (χ1) is 11.7. The second-order valence-electron chi connectivity index (χ2n) is 5.53. The highest BCUT2D eigenvalue weighted by Crippen LogP contribution is 2.29. The van der Waals surface area contributed by atoms with E-state index >= 15 is 0 Å². The number of aliphatic hydroxyl groups excluding tert-OH is 1. The first-order valence-corrected chi connectivity index (χ1v) is 7.73. The number of nitrogens with zero attached hydrogens (tertiary/aromatic N) is 5. The molecule has 8 nitrogen and oxygen atoms in total. The van der Waals surface area contributed by atoms with Gasteiger partial charge in [-0.3, -0.25) is 0 Å². The molecule has 0 aliphatic carbocycles. The first kappa shape index (κ1) is 16.1. The van der Waals surface area contributed by atoms with Gasteiger partial charge in [0.25, 0.3) is 0 Å². The van der Waals surface area contributed by atoms with Crippen molar-refractivity contribution in [1.82, 2.24) is 24.5 Å². The van der Waals surface area contributed by atoms with Gasteiger partial charge in [0.2, 0.25) is 5.88 Å². The molecule has 0 amide bonds. The number of hydrogen-bond acceptors (Lipinski definition) is 7. The van der Waals surface area contributed by atoms with Crippen LogP contribution < -0.4 is 10.1 Å². The van der Waals surface area contributed by atoms with Crippen molar-refractivity contribution in [3.05, 3.63) is 24.7 Å². The third-order valence-electron chi connectivity index (χ3n) is 3.60. The maximum absolute atomic E-state index is 9.02. The zero-order valence-corrected chi connectivity index (χ0v) is 13.9. The van der Waals surface area contributed by atoms with Crippen molar-refractivity contribution in [2.24, 2.45) is 0 Å². The van der Waals surface area contributed by atoms with Crippen LogP contribution in [-0.2, 0) is 0 Å². The number of anilines is 1. The van der Waals surface area contributed by atoms with Gasteiger partial charge in [-0.25, -0.2) is 19.9 Å². The number of rotatable bonds is 6. The second-order valence-corrected chi connectivity index (χ2v) is 5.53. The number of aliphatic hydroxyl groups is 1. The molecular weight excluding hydrogens is 308 g/mol. The van der Waals surface area contributed by atoms with Gasteiger partial charge in [0.1, 0.15) is 12.2 Å². The monoisotopic (exact) mass is 328 g/mol. The number of methoxy groups -OCH3 is 1. The van der Waals surface area contributed by atoms with Crippen LogP contribution in [0.1, 0.15) is 19.9 Å². The summed E-state index contributed by atoms with van der Waals surface area (Å²) in [5.74, 6) is 1.93. The number of imidazole rings is 1. The molecular formula is C16H20N6O2. The molecule has 3 aromatic heterocycles. The van der Waals surface area contributed by atoms with Crippen molar-refractivity contribution < 1.29 is 9.84 Å². The zero-order chi connectivity index (χ0) is 17.1. The molecule has 3 aromatic rings. The largest absolute Gasteiger partial charge is 0.481 e. The van der Waals surface area contributed by atoms with Crippen molar-refractivity contribution >= 4 is 17.0 Å². The summed E-state index contributed by atoms with van der Waals surface area (Å²) in [4.78, 5) is 17.6. The smallest absolute Gasteiger partial charge is 0.212 e. The van der Waals surface area contributed by atoms with Crippen molar-refractivity contribution in [3.63, 3.8) is 0 Å². The van der Waals surface area contributed by atoms with E-state index in [2.05, 4.69) is 34.1 Å². The molecule has 0 atom stereocenters. The normalized spacial score (nSPS) is 11.2. The van der Waals surface area contributed by atoms with E-state index in [-0.39, 0.29) is 12.6 Å². The minimum absolute atomic E-state index is 0.0195. The third kappa shape index (κ3) is 2.88. The summed E-state index contributed by atoms with van der Waals surface area (Å²) in [6.45, 7) is 4.57. The van der Waals surface area contributed by atoms with Gasteiger partial charge in [0.15, 0.2) is 17.0 Å². The molecule has 0 aliphatic heterocycles. The van der Waals surface area contributed by atoms with Gasteiger partial charge in [-0.2, -0.15) is 0 Å². The Morgan fingerprint density at radius 2 is 2.08 bits per heavy atom. The SMILES string of the molecule is COc1ccc(-c2nc3c(NCCO)ncnc3n2C(C)C)cn1. The van der Waals surface area contributed by atoms with E-state index in [1.807, 2.05) is 10.6 Å². The van der Waals surface area contributed by atoms with Gasteiger partial charge in [-0.15, -0.1) is 0 Å². The van der Waals surface area contributed by atoms with Crippen LogP contribution in [0.2, 0.25) is 0 Å². The summed E-state index contributed by atoms with van der Waals surface area (Å²) in [6.07, 6.45) is 3.23. The third-order valence-corrected chi connectivity index (χ3v) is 3.60. The molecule has 3 heterocycles. The molecule has 3 rings (SSSR count). The van der Waals surface area contributed by atoms with Crippen LogP contribution in [0.15, 0.2) is 24.7 Å². The van der Waals surface area contributed by atoms with Gasteiger partial charge < -0.3 is 19.7 Å². The molecule has 0 spiro atoms. The summed E-state index contributed by atoms with van der Waals surface area (Å²) in [5.41, 5.74) is 2.28. The highest BCUT2D eigenvalue weighted by molar-refractivity contribution is 5.86. The molecule has 0 saturated heterocycles. The summed E-state index contributed by atoms with van der Waals surface area (Å²) in [5, 5.41) is 12.1. The lowest BCUT2D eigenvalue weighted by molar-refractivity contribution is 0.311. The topological polar surface area (TPSA) is 98.0 Å². The lowest BCUT2D eigenvalue weighted by atomic mass is 10.2. The van der Waals surface area contributed by atoms with Crippen molar-refractivity contribution in [2.45, 2.75) is 19.9 Å². The number of aromatic nitrogens is 5. The van der Waals surface area contributed by atoms with Gasteiger partial charge >= 0.3 is 0 Å². The van der Waals surface area contributed by atoms with Crippen molar-refractivity contribution in [2.75, 3.05) is 25.6 Å². The molecule has 2 N–H and O–H groups in total. The second kappa shape index (κ2) is 6.79. The molecule has 126 valence electrons. The Hall–Kier alpha value is -2.74. The Balaban J connectivity index is 2.17. The average Bonchev–Trinajstić information content (AvgIpc) is 3.00. The Morgan fingerprint density at radius 3 is 2.71 bits per heavy atom. The van der Waals surface area contributed by atoms with Crippen LogP contribution in [0.4, 0.5) is 5.82 Å². The van der Waals surface area contributed by atoms with Gasteiger partial charge in [0.05, 0.1) is 13.7 Å². The molecule has 8 heteroatoms. The minimum Gasteiger partial charge on any atom is -0.481 e. The minimum atomic E-state index is 0.0195. The number of nitrogens with one attached hydrogen (secondary N) is 1. The number of fused-ring (bicyclic) bond motifs is 1. The first-order valence-electron chi connectivity index (χ1n) is 7.73. The molecule has 0 fully saturated rings. The predicted octanol–water partition coefficient (Wildman–Crippen LogP) is 1.88. The Bertz CT molecular complexity index is 828. The molecule has 0 radical (unpaired) electrons. The molecule has 0 aliphatic rings. The van der Waals surface area contributed by atoms with E-state index in [9.17, 15) is 0 Å². The molecule has 0 saturated carbocycles. The van der Waals surface area contributed by atoms with E-state index in [4.69, 9.17) is 14.8 Å². The summed E-state index contributed by atoms with van der Waals surface area (Å²) >= 11 is 0. The van der Waals surface area contributed by atoms with Crippen LogP contribution >= 0.6 is 0 Å². The van der Waals surface area contributed by atoms with Crippen LogP contribution in [0.3, 0.4) is 0 Å². The summed E-state index contributed by atoms with van der Waals surface area (Å²) in [7, 11) is 1.58. The Morgan fingerprint density at radius 1 is 1.25 bits per heavy atom. The summed E-state index contributed by atoms with van der Waals surface area (Å²) in [6, 6.07) is 3.88. The maximum Gasteiger partial charge on any atom is 0.212 e. The fourth-order valence-corrected chi connectivity index (χ4v) is 2.54. The van der Waals surface area contributed by atoms with Gasteiger partial charge in [-0.1, -0.05) is 0 Å². The lowest BCUT2D eigenvalue weighted by Gasteiger charge is -2.12. The number of pyridine rings is 1. The van der Waals surface area contributed by atoms with E-state index in [1.54, 1.807) is 19.4 Å². The van der Waals surface area contributed by atoms with E-state index in [0.717, 1.165) is 17.0 Å². The lowest BCUT2D eigenvalue weighted by Crippen LogP contribution is -2.08. The molecule has 0 unspecified atom stereocenters. The van der Waals surface area contributed by atoms with E-state index in [1.165, 1.54) is 6.33 Å². The Kier molecular flexibility index (Phi) is 4.57. The average molecular weight is 328 g/mol. The highest BCUT2D eigenvalue weighted by Gasteiger charge is 2.19. The molecule has 0 aromatic carbocycles. The van der Waals surface area contributed by atoms with Crippen LogP contribution in [0.25, 0.3) is 22.6 Å². The van der Waals surface area contributed by atoms with Crippen LogP contribution in [0.5, 0.6) is 5.88 Å². The van der Waals surface area contributed by atoms with Gasteiger partial charge in [0, 0.05) is 30.4 Å². The van der Waals surface area contributed by atoms with Crippen LogP contribution in [-0.4, -0.2) is 49.9 Å². The molecule has 24 heavy (non-hydrogen) atoms. The quantitative estimate of drug-likeness (QED) is 0.713. The standard InChI is InChI=1S/C16H20N6O2/c1-10(2)22-15(11-4-5-12(24-3)18-8-11)21-13-14(17-6-7-23)19-9-20-16(13)22/h4-5,8-10,23H,6-7H2,1-3H3,(H,17,19,20). The predicted molar refractivity (Wildman–Crippen MR) is 91.1 cm³/mol. The van der Waals surface area contributed by atoms with Crippen molar-refractivity contribution in [1.29, 1.82) is 0 Å². The summed E-state index contributed by atoms with van der Waals surface area (Å²) < 4.78 is 7.16.